The van der Waals surface area contributed by atoms with E-state index in [2.05, 4.69) is 10.4 Å². The fourth-order valence-electron chi connectivity index (χ4n) is 1.53. The lowest BCUT2D eigenvalue weighted by Crippen LogP contribution is -2.24. The smallest absolute Gasteiger partial charge is 0.286 e. The number of amides is 1. The summed E-state index contributed by atoms with van der Waals surface area (Å²) in [7, 11) is 0. The van der Waals surface area contributed by atoms with Gasteiger partial charge in [0.15, 0.2) is 5.76 Å². The first-order chi connectivity index (χ1) is 8.25. The molecule has 0 spiro atoms. The molecule has 90 valence electrons. The van der Waals surface area contributed by atoms with Crippen molar-refractivity contribution < 1.29 is 9.21 Å². The van der Waals surface area contributed by atoms with E-state index in [1.54, 1.807) is 12.1 Å². The van der Waals surface area contributed by atoms with Crippen molar-refractivity contribution in [3.8, 4) is 0 Å². The Morgan fingerprint density at radius 1 is 1.53 bits per heavy atom. The number of rotatable bonds is 5. The van der Waals surface area contributed by atoms with Crippen molar-refractivity contribution in [1.29, 1.82) is 0 Å². The van der Waals surface area contributed by atoms with Gasteiger partial charge in [0.1, 0.15) is 0 Å². The highest BCUT2D eigenvalue weighted by atomic mass is 16.3. The van der Waals surface area contributed by atoms with Crippen LogP contribution in [0.4, 0.5) is 0 Å². The molecular weight excluding hydrogens is 218 g/mol. The van der Waals surface area contributed by atoms with Gasteiger partial charge in [-0.2, -0.15) is 5.10 Å². The number of carbonyl (C=O) groups is 1. The van der Waals surface area contributed by atoms with E-state index in [-0.39, 0.29) is 5.91 Å². The van der Waals surface area contributed by atoms with Crippen LogP contribution in [0.5, 0.6) is 0 Å². The van der Waals surface area contributed by atoms with Gasteiger partial charge < -0.3 is 9.73 Å². The number of hydrogen-bond acceptors (Lipinski definition) is 3. The molecule has 0 aromatic carbocycles. The fourth-order valence-corrected chi connectivity index (χ4v) is 1.53. The molecule has 0 fully saturated rings. The molecule has 5 nitrogen and oxygen atoms in total. The second-order valence-corrected chi connectivity index (χ2v) is 3.81. The van der Waals surface area contributed by atoms with E-state index in [4.69, 9.17) is 4.42 Å². The van der Waals surface area contributed by atoms with Gasteiger partial charge in [-0.15, -0.1) is 0 Å². The first-order valence-corrected chi connectivity index (χ1v) is 5.57. The number of nitrogens with zero attached hydrogens (tertiary/aromatic N) is 2. The molecule has 0 saturated carbocycles. The van der Waals surface area contributed by atoms with Gasteiger partial charge in [-0.3, -0.25) is 9.48 Å². The summed E-state index contributed by atoms with van der Waals surface area (Å²) in [6.45, 7) is 3.36. The highest BCUT2D eigenvalue weighted by Crippen LogP contribution is 1.99. The summed E-state index contributed by atoms with van der Waals surface area (Å²) < 4.78 is 6.85. The Morgan fingerprint density at radius 2 is 2.41 bits per heavy atom. The molecule has 1 N–H and O–H groups in total. The Labute approximate surface area is 99.4 Å². The number of carbonyl (C=O) groups excluding carboxylic acids is 1. The van der Waals surface area contributed by atoms with Gasteiger partial charge in [0.25, 0.3) is 5.91 Å². The van der Waals surface area contributed by atoms with Gasteiger partial charge in [0.05, 0.1) is 12.0 Å². The maximum Gasteiger partial charge on any atom is 0.286 e. The third-order valence-electron chi connectivity index (χ3n) is 2.37. The first-order valence-electron chi connectivity index (χ1n) is 5.57. The molecule has 0 aliphatic carbocycles. The second-order valence-electron chi connectivity index (χ2n) is 3.81. The van der Waals surface area contributed by atoms with Crippen molar-refractivity contribution in [2.24, 2.45) is 0 Å². The third kappa shape index (κ3) is 3.21. The Balaban J connectivity index is 1.68. The molecule has 2 heterocycles. The summed E-state index contributed by atoms with van der Waals surface area (Å²) in [6, 6.07) is 5.30. The van der Waals surface area contributed by atoms with E-state index in [1.807, 2.05) is 23.9 Å². The zero-order valence-corrected chi connectivity index (χ0v) is 9.72. The molecule has 2 aromatic heterocycles. The number of hydrogen-bond donors (Lipinski definition) is 1. The molecule has 17 heavy (non-hydrogen) atoms. The van der Waals surface area contributed by atoms with Crippen LogP contribution < -0.4 is 5.32 Å². The maximum absolute atomic E-state index is 11.5. The molecule has 1 amide bonds. The summed E-state index contributed by atoms with van der Waals surface area (Å²) in [5, 5.41) is 7.05. The van der Waals surface area contributed by atoms with Gasteiger partial charge >= 0.3 is 0 Å². The van der Waals surface area contributed by atoms with Crippen LogP contribution in [-0.2, 0) is 6.54 Å². The number of furan rings is 1. The average Bonchev–Trinajstić information content (AvgIpc) is 2.95. The lowest BCUT2D eigenvalue weighted by molar-refractivity contribution is 0.0925. The Bertz CT molecular complexity index is 474. The monoisotopic (exact) mass is 233 g/mol. The molecule has 0 bridgehead atoms. The van der Waals surface area contributed by atoms with Crippen molar-refractivity contribution in [1.82, 2.24) is 15.1 Å². The Hall–Kier alpha value is -2.04. The molecule has 0 saturated heterocycles. The van der Waals surface area contributed by atoms with Gasteiger partial charge in [0, 0.05) is 19.3 Å². The zero-order chi connectivity index (χ0) is 12.1. The summed E-state index contributed by atoms with van der Waals surface area (Å²) in [4.78, 5) is 11.5. The molecule has 0 aliphatic rings. The minimum Gasteiger partial charge on any atom is -0.459 e. The molecule has 2 rings (SSSR count). The summed E-state index contributed by atoms with van der Waals surface area (Å²) in [6.07, 6.45) is 4.26. The Morgan fingerprint density at radius 3 is 3.06 bits per heavy atom. The summed E-state index contributed by atoms with van der Waals surface area (Å²) >= 11 is 0. The van der Waals surface area contributed by atoms with Crippen LogP contribution in [0, 0.1) is 6.92 Å². The van der Waals surface area contributed by atoms with Crippen molar-refractivity contribution in [2.45, 2.75) is 19.9 Å². The highest BCUT2D eigenvalue weighted by molar-refractivity contribution is 5.91. The summed E-state index contributed by atoms with van der Waals surface area (Å²) in [5.74, 6) is 0.173. The van der Waals surface area contributed by atoms with Crippen LogP contribution in [0.1, 0.15) is 22.7 Å². The van der Waals surface area contributed by atoms with E-state index in [0.717, 1.165) is 18.7 Å². The standard InChI is InChI=1S/C12H15N3O2/c1-10-5-8-15(14-10)7-3-6-13-12(16)11-4-2-9-17-11/h2,4-5,8-9H,3,6-7H2,1H3,(H,13,16). The number of nitrogens with one attached hydrogen (secondary N) is 1. The van der Waals surface area contributed by atoms with Gasteiger partial charge in [-0.1, -0.05) is 0 Å². The Kier molecular flexibility index (Phi) is 3.59. The maximum atomic E-state index is 11.5. The van der Waals surface area contributed by atoms with E-state index >= 15 is 0 Å². The van der Waals surface area contributed by atoms with Crippen LogP contribution in [0.2, 0.25) is 0 Å². The molecule has 0 aliphatic heterocycles. The van der Waals surface area contributed by atoms with Crippen LogP contribution in [-0.4, -0.2) is 22.2 Å². The second kappa shape index (κ2) is 5.34. The largest absolute Gasteiger partial charge is 0.459 e. The van der Waals surface area contributed by atoms with Gasteiger partial charge in [-0.05, 0) is 31.5 Å². The third-order valence-corrected chi connectivity index (χ3v) is 2.37. The average molecular weight is 233 g/mol. The van der Waals surface area contributed by atoms with Crippen molar-refractivity contribution >= 4 is 5.91 Å². The first kappa shape index (κ1) is 11.4. The number of aryl methyl sites for hydroxylation is 2. The van der Waals surface area contributed by atoms with Gasteiger partial charge in [0.2, 0.25) is 0 Å². The topological polar surface area (TPSA) is 60.1 Å². The molecule has 2 aromatic rings. The van der Waals surface area contributed by atoms with Crippen LogP contribution in [0.3, 0.4) is 0 Å². The molecule has 0 radical (unpaired) electrons. The predicted octanol–water partition coefficient (Wildman–Crippen LogP) is 1.60. The summed E-state index contributed by atoms with van der Waals surface area (Å²) in [5.41, 5.74) is 1.00. The van der Waals surface area contributed by atoms with Crippen LogP contribution in [0.25, 0.3) is 0 Å². The number of aromatic nitrogens is 2. The highest BCUT2D eigenvalue weighted by Gasteiger charge is 2.06. The van der Waals surface area contributed by atoms with Crippen molar-refractivity contribution in [3.63, 3.8) is 0 Å². The molecule has 0 atom stereocenters. The van der Waals surface area contributed by atoms with Gasteiger partial charge in [-0.25, -0.2) is 0 Å². The quantitative estimate of drug-likeness (QED) is 0.798. The van der Waals surface area contributed by atoms with E-state index in [1.165, 1.54) is 6.26 Å². The lowest BCUT2D eigenvalue weighted by Gasteiger charge is -2.03. The SMILES string of the molecule is Cc1ccn(CCCNC(=O)c2ccco2)n1. The normalized spacial score (nSPS) is 10.4. The minimum absolute atomic E-state index is 0.174. The van der Waals surface area contributed by atoms with Crippen LogP contribution in [0.15, 0.2) is 35.1 Å². The zero-order valence-electron chi connectivity index (χ0n) is 9.72. The van der Waals surface area contributed by atoms with Crippen molar-refractivity contribution in [3.05, 3.63) is 42.1 Å². The minimum atomic E-state index is -0.174. The van der Waals surface area contributed by atoms with E-state index in [9.17, 15) is 4.79 Å². The van der Waals surface area contributed by atoms with E-state index < -0.39 is 0 Å². The predicted molar refractivity (Wildman–Crippen MR) is 62.6 cm³/mol. The molecule has 5 heteroatoms. The fraction of sp³-hybridized carbons (Fsp3) is 0.333. The van der Waals surface area contributed by atoms with E-state index in [0.29, 0.717) is 12.3 Å². The lowest BCUT2D eigenvalue weighted by atomic mass is 10.4. The van der Waals surface area contributed by atoms with Crippen LogP contribution >= 0.6 is 0 Å². The molecule has 0 unspecified atom stereocenters. The van der Waals surface area contributed by atoms with Crippen molar-refractivity contribution in [2.75, 3.05) is 6.54 Å². The molecular formula is C12H15N3O2.